The van der Waals surface area contributed by atoms with Crippen LogP contribution >= 0.6 is 0 Å². The van der Waals surface area contributed by atoms with Crippen LogP contribution in [0.3, 0.4) is 0 Å². The first kappa shape index (κ1) is 12.7. The summed E-state index contributed by atoms with van der Waals surface area (Å²) in [6.07, 6.45) is 0. The van der Waals surface area contributed by atoms with Gasteiger partial charge < -0.3 is 15.0 Å². The molecular formula is C12H17N3O3S. The van der Waals surface area contributed by atoms with E-state index in [1.165, 1.54) is 0 Å². The van der Waals surface area contributed by atoms with E-state index in [-0.39, 0.29) is 11.5 Å². The minimum Gasteiger partial charge on any atom is -0.476 e. The molecule has 0 atom stereocenters. The molecule has 7 heteroatoms. The van der Waals surface area contributed by atoms with Crippen molar-refractivity contribution in [2.24, 2.45) is 0 Å². The van der Waals surface area contributed by atoms with Gasteiger partial charge in [-0.2, -0.15) is 4.98 Å². The lowest BCUT2D eigenvalue weighted by molar-refractivity contribution is 0.314. The Kier molecular flexibility index (Phi) is 3.32. The predicted octanol–water partition coefficient (Wildman–Crippen LogP) is -0.202. The number of hydrogen-bond donors (Lipinski definition) is 1. The Bertz CT molecular complexity index is 560. The second kappa shape index (κ2) is 4.97. The van der Waals surface area contributed by atoms with Crippen LogP contribution in [-0.2, 0) is 16.4 Å². The Morgan fingerprint density at radius 1 is 1.26 bits per heavy atom. The van der Waals surface area contributed by atoms with Gasteiger partial charge in [0.1, 0.15) is 12.4 Å². The zero-order chi connectivity index (χ0) is 13.3. The fourth-order valence-corrected chi connectivity index (χ4v) is 3.48. The molecule has 0 unspecified atom stereocenters. The lowest BCUT2D eigenvalue weighted by Gasteiger charge is -2.28. The van der Waals surface area contributed by atoms with E-state index < -0.39 is 9.84 Å². The molecule has 0 aromatic carbocycles. The van der Waals surface area contributed by atoms with Crippen molar-refractivity contribution in [1.29, 1.82) is 0 Å². The van der Waals surface area contributed by atoms with Gasteiger partial charge in [-0.05, 0) is 12.1 Å². The minimum atomic E-state index is -2.86. The first-order chi connectivity index (χ1) is 9.14. The van der Waals surface area contributed by atoms with E-state index in [1.807, 2.05) is 17.0 Å². The molecule has 104 valence electrons. The van der Waals surface area contributed by atoms with E-state index in [9.17, 15) is 8.42 Å². The highest BCUT2D eigenvalue weighted by Crippen LogP contribution is 2.23. The maximum atomic E-state index is 11.4. The van der Waals surface area contributed by atoms with Gasteiger partial charge in [0.15, 0.2) is 9.84 Å². The molecule has 0 aliphatic carbocycles. The van der Waals surface area contributed by atoms with Crippen molar-refractivity contribution in [3.05, 3.63) is 17.7 Å². The van der Waals surface area contributed by atoms with Crippen LogP contribution in [0.5, 0.6) is 5.88 Å². The summed E-state index contributed by atoms with van der Waals surface area (Å²) in [6.45, 7) is 3.20. The van der Waals surface area contributed by atoms with Gasteiger partial charge in [-0.3, -0.25) is 0 Å². The molecule has 0 bridgehead atoms. The lowest BCUT2D eigenvalue weighted by atomic mass is 10.2. The molecule has 0 spiro atoms. The minimum absolute atomic E-state index is 0.203. The van der Waals surface area contributed by atoms with E-state index in [0.717, 1.165) is 24.5 Å². The SMILES string of the molecule is O=S1(=O)CCN(c2ccc3c(n2)OCCNC3)CC1. The summed E-state index contributed by atoms with van der Waals surface area (Å²) in [5, 5.41) is 3.26. The lowest BCUT2D eigenvalue weighted by Crippen LogP contribution is -2.40. The third-order valence-electron chi connectivity index (χ3n) is 3.43. The third-order valence-corrected chi connectivity index (χ3v) is 5.04. The molecule has 1 fully saturated rings. The van der Waals surface area contributed by atoms with Crippen molar-refractivity contribution in [3.8, 4) is 5.88 Å². The van der Waals surface area contributed by atoms with E-state index in [4.69, 9.17) is 4.74 Å². The van der Waals surface area contributed by atoms with Crippen LogP contribution in [0.15, 0.2) is 12.1 Å². The standard InChI is InChI=1S/C12H17N3O3S/c16-19(17)7-4-15(5-8-19)11-2-1-10-9-13-3-6-18-12(10)14-11/h1-2,13H,3-9H2. The Hall–Kier alpha value is -1.34. The summed E-state index contributed by atoms with van der Waals surface area (Å²) >= 11 is 0. The second-order valence-electron chi connectivity index (χ2n) is 4.80. The van der Waals surface area contributed by atoms with E-state index >= 15 is 0 Å². The highest BCUT2D eigenvalue weighted by Gasteiger charge is 2.23. The summed E-state index contributed by atoms with van der Waals surface area (Å²) < 4.78 is 28.5. The van der Waals surface area contributed by atoms with E-state index in [2.05, 4.69) is 10.3 Å². The van der Waals surface area contributed by atoms with Gasteiger partial charge in [0.05, 0.1) is 11.5 Å². The first-order valence-electron chi connectivity index (χ1n) is 6.43. The summed E-state index contributed by atoms with van der Waals surface area (Å²) in [7, 11) is -2.86. The molecule has 0 amide bonds. The molecule has 1 saturated heterocycles. The first-order valence-corrected chi connectivity index (χ1v) is 8.25. The zero-order valence-electron chi connectivity index (χ0n) is 10.6. The zero-order valence-corrected chi connectivity index (χ0v) is 11.4. The number of sulfone groups is 1. The van der Waals surface area contributed by atoms with Gasteiger partial charge in [0.25, 0.3) is 0 Å². The van der Waals surface area contributed by atoms with Crippen LogP contribution < -0.4 is 15.0 Å². The largest absolute Gasteiger partial charge is 0.476 e. The topological polar surface area (TPSA) is 71.5 Å². The van der Waals surface area contributed by atoms with Crippen molar-refractivity contribution in [1.82, 2.24) is 10.3 Å². The van der Waals surface area contributed by atoms with Crippen LogP contribution in [-0.4, -0.2) is 51.1 Å². The number of rotatable bonds is 1. The van der Waals surface area contributed by atoms with Crippen molar-refractivity contribution < 1.29 is 13.2 Å². The van der Waals surface area contributed by atoms with Gasteiger partial charge in [-0.15, -0.1) is 0 Å². The summed E-state index contributed by atoms with van der Waals surface area (Å²) in [5.74, 6) is 1.87. The summed E-state index contributed by atoms with van der Waals surface area (Å²) in [5.41, 5.74) is 1.05. The van der Waals surface area contributed by atoms with Crippen LogP contribution in [0.4, 0.5) is 5.82 Å². The van der Waals surface area contributed by atoms with Gasteiger partial charge in [0.2, 0.25) is 5.88 Å². The van der Waals surface area contributed by atoms with E-state index in [0.29, 0.717) is 25.6 Å². The number of aromatic nitrogens is 1. The van der Waals surface area contributed by atoms with Crippen LogP contribution in [0.1, 0.15) is 5.56 Å². The highest BCUT2D eigenvalue weighted by atomic mass is 32.2. The van der Waals surface area contributed by atoms with Crippen LogP contribution in [0, 0.1) is 0 Å². The highest BCUT2D eigenvalue weighted by molar-refractivity contribution is 7.91. The molecule has 1 aromatic rings. The summed E-state index contributed by atoms with van der Waals surface area (Å²) in [4.78, 5) is 6.52. The number of nitrogens with zero attached hydrogens (tertiary/aromatic N) is 2. The average molecular weight is 283 g/mol. The summed E-state index contributed by atoms with van der Waals surface area (Å²) in [6, 6.07) is 3.94. The third kappa shape index (κ3) is 2.82. The Balaban J connectivity index is 1.80. The van der Waals surface area contributed by atoms with Gasteiger partial charge in [0, 0.05) is 31.7 Å². The molecule has 1 aromatic heterocycles. The van der Waals surface area contributed by atoms with Gasteiger partial charge >= 0.3 is 0 Å². The van der Waals surface area contributed by atoms with Crippen LogP contribution in [0.2, 0.25) is 0 Å². The number of pyridine rings is 1. The number of anilines is 1. The second-order valence-corrected chi connectivity index (χ2v) is 7.10. The molecule has 19 heavy (non-hydrogen) atoms. The van der Waals surface area contributed by atoms with Crippen molar-refractivity contribution in [2.75, 3.05) is 42.6 Å². The van der Waals surface area contributed by atoms with Crippen molar-refractivity contribution >= 4 is 15.7 Å². The normalized spacial score (nSPS) is 22.2. The Morgan fingerprint density at radius 3 is 2.84 bits per heavy atom. The molecule has 2 aliphatic rings. The van der Waals surface area contributed by atoms with Gasteiger partial charge in [-0.1, -0.05) is 0 Å². The number of ether oxygens (including phenoxy) is 1. The molecule has 0 saturated carbocycles. The molecule has 3 rings (SSSR count). The number of fused-ring (bicyclic) bond motifs is 1. The molecule has 3 heterocycles. The number of nitrogens with one attached hydrogen (secondary N) is 1. The Morgan fingerprint density at radius 2 is 2.05 bits per heavy atom. The number of hydrogen-bond acceptors (Lipinski definition) is 6. The van der Waals surface area contributed by atoms with Gasteiger partial charge in [-0.25, -0.2) is 8.42 Å². The smallest absolute Gasteiger partial charge is 0.219 e. The molecule has 1 N–H and O–H groups in total. The monoisotopic (exact) mass is 283 g/mol. The maximum absolute atomic E-state index is 11.4. The van der Waals surface area contributed by atoms with E-state index in [1.54, 1.807) is 0 Å². The quantitative estimate of drug-likeness (QED) is 0.769. The predicted molar refractivity (Wildman–Crippen MR) is 72.3 cm³/mol. The van der Waals surface area contributed by atoms with Crippen molar-refractivity contribution in [2.45, 2.75) is 6.54 Å². The maximum Gasteiger partial charge on any atom is 0.219 e. The fraction of sp³-hybridized carbons (Fsp3) is 0.583. The van der Waals surface area contributed by atoms with Crippen molar-refractivity contribution in [3.63, 3.8) is 0 Å². The molecule has 2 aliphatic heterocycles. The molecule has 0 radical (unpaired) electrons. The van der Waals surface area contributed by atoms with Crippen LogP contribution in [0.25, 0.3) is 0 Å². The molecular weight excluding hydrogens is 266 g/mol. The average Bonchev–Trinajstić information content (AvgIpc) is 2.63. The fourth-order valence-electron chi connectivity index (χ4n) is 2.28. The molecule has 6 nitrogen and oxygen atoms in total. The Labute approximate surface area is 112 Å².